The van der Waals surface area contributed by atoms with Crippen LogP contribution in [0.1, 0.15) is 18.2 Å². The van der Waals surface area contributed by atoms with Crippen molar-refractivity contribution in [3.05, 3.63) is 60.3 Å². The highest BCUT2D eigenvalue weighted by Gasteiger charge is 2.30. The number of pyridine rings is 2. The molecule has 0 radical (unpaired) electrons. The van der Waals surface area contributed by atoms with Gasteiger partial charge in [0.1, 0.15) is 5.65 Å². The third-order valence-electron chi connectivity index (χ3n) is 5.18. The van der Waals surface area contributed by atoms with Gasteiger partial charge in [-0.05, 0) is 37.6 Å². The lowest BCUT2D eigenvalue weighted by Crippen LogP contribution is -2.56. The highest BCUT2D eigenvalue weighted by Crippen LogP contribution is 2.19. The number of hydrogen-bond acceptors (Lipinski definition) is 5. The lowest BCUT2D eigenvalue weighted by atomic mass is 10.1. The summed E-state index contributed by atoms with van der Waals surface area (Å²) in [6.07, 6.45) is 7.35. The van der Waals surface area contributed by atoms with Crippen LogP contribution in [0.5, 0.6) is 0 Å². The van der Waals surface area contributed by atoms with Gasteiger partial charge in [-0.15, -0.1) is 0 Å². The summed E-state index contributed by atoms with van der Waals surface area (Å²) in [6.45, 7) is 5.97. The van der Waals surface area contributed by atoms with E-state index >= 15 is 0 Å². The second kappa shape index (κ2) is 7.90. The number of imidazole rings is 1. The van der Waals surface area contributed by atoms with Crippen LogP contribution < -0.4 is 10.2 Å². The van der Waals surface area contributed by atoms with Crippen LogP contribution in [0, 0.1) is 6.92 Å². The largest absolute Gasteiger partial charge is 0.365 e. The lowest BCUT2D eigenvalue weighted by Gasteiger charge is -2.40. The van der Waals surface area contributed by atoms with Gasteiger partial charge in [0.2, 0.25) is 0 Å². The summed E-state index contributed by atoms with van der Waals surface area (Å²) in [6, 6.07) is 7.94. The van der Waals surface area contributed by atoms with Crippen LogP contribution in [0.4, 0.5) is 5.69 Å². The van der Waals surface area contributed by atoms with Crippen LogP contribution >= 0.6 is 0 Å². The van der Waals surface area contributed by atoms with Crippen molar-refractivity contribution in [2.24, 2.45) is 0 Å². The molecule has 1 aliphatic rings. The Hall–Kier alpha value is -3.42. The summed E-state index contributed by atoms with van der Waals surface area (Å²) in [5.74, 6) is -1.09. The molecular weight excluding hydrogens is 368 g/mol. The van der Waals surface area contributed by atoms with Gasteiger partial charge in [-0.25, -0.2) is 4.98 Å². The molecule has 0 aromatic carbocycles. The molecule has 0 bridgehead atoms. The van der Waals surface area contributed by atoms with Crippen molar-refractivity contribution in [3.8, 4) is 0 Å². The maximum atomic E-state index is 12.6. The molecular formula is C21H24N6O2. The van der Waals surface area contributed by atoms with Crippen LogP contribution in [0.2, 0.25) is 0 Å². The Morgan fingerprint density at radius 1 is 1.14 bits per heavy atom. The first-order valence-corrected chi connectivity index (χ1v) is 9.69. The Morgan fingerprint density at radius 2 is 1.93 bits per heavy atom. The minimum atomic E-state index is -0.595. The first-order valence-electron chi connectivity index (χ1n) is 9.69. The molecule has 4 rings (SSSR count). The fourth-order valence-electron chi connectivity index (χ4n) is 3.69. The number of aryl methyl sites for hydroxylation is 1. The van der Waals surface area contributed by atoms with E-state index in [4.69, 9.17) is 0 Å². The molecule has 0 aliphatic carbocycles. The zero-order valence-corrected chi connectivity index (χ0v) is 16.6. The van der Waals surface area contributed by atoms with Crippen molar-refractivity contribution in [1.29, 1.82) is 0 Å². The Kier molecular flexibility index (Phi) is 5.16. The summed E-state index contributed by atoms with van der Waals surface area (Å²) in [5, 5.41) is 2.70. The Labute approximate surface area is 169 Å². The van der Waals surface area contributed by atoms with Gasteiger partial charge >= 0.3 is 11.8 Å². The van der Waals surface area contributed by atoms with Crippen LogP contribution in [0.15, 0.2) is 49.1 Å². The van der Waals surface area contributed by atoms with Gasteiger partial charge in [0.15, 0.2) is 0 Å². The number of carbonyl (C=O) groups excluding carboxylic acids is 2. The normalized spacial score (nSPS) is 16.8. The zero-order chi connectivity index (χ0) is 20.4. The summed E-state index contributed by atoms with van der Waals surface area (Å²) in [5.41, 5.74) is 3.73. The first-order chi connectivity index (χ1) is 14.0. The van der Waals surface area contributed by atoms with E-state index in [1.54, 1.807) is 17.3 Å². The minimum Gasteiger partial charge on any atom is -0.365 e. The van der Waals surface area contributed by atoms with Gasteiger partial charge in [0, 0.05) is 56.2 Å². The maximum Gasteiger partial charge on any atom is 0.312 e. The summed E-state index contributed by atoms with van der Waals surface area (Å²) in [4.78, 5) is 37.3. The van der Waals surface area contributed by atoms with Crippen LogP contribution in [-0.2, 0) is 16.1 Å². The standard InChI is InChI=1S/C21H24N6O2/c1-15-3-4-19-24-17(14-26(19)12-15)11-23-20(28)21(29)25-9-10-27(16(2)13-25)18-5-7-22-8-6-18/h3-8,12,14,16H,9-11,13H2,1-2H3,(H,23,28). The number of aromatic nitrogens is 3. The van der Waals surface area contributed by atoms with Crippen molar-refractivity contribution in [2.45, 2.75) is 26.4 Å². The summed E-state index contributed by atoms with van der Waals surface area (Å²) in [7, 11) is 0. The molecule has 1 unspecified atom stereocenters. The number of piperazine rings is 1. The number of carbonyl (C=O) groups is 2. The zero-order valence-electron chi connectivity index (χ0n) is 16.6. The van der Waals surface area contributed by atoms with Gasteiger partial charge in [0.05, 0.1) is 12.2 Å². The third kappa shape index (κ3) is 4.06. The third-order valence-corrected chi connectivity index (χ3v) is 5.18. The number of fused-ring (bicyclic) bond motifs is 1. The Bertz CT molecular complexity index is 1030. The van der Waals surface area contributed by atoms with Gasteiger partial charge in [-0.3, -0.25) is 14.6 Å². The minimum absolute atomic E-state index is 0.115. The van der Waals surface area contributed by atoms with E-state index in [1.165, 1.54) is 0 Å². The van der Waals surface area contributed by atoms with E-state index in [2.05, 4.69) is 27.1 Å². The molecule has 3 aromatic rings. The average molecular weight is 392 g/mol. The van der Waals surface area contributed by atoms with E-state index in [1.807, 2.05) is 48.0 Å². The number of amides is 2. The molecule has 1 fully saturated rings. The SMILES string of the molecule is Cc1ccc2nc(CNC(=O)C(=O)N3CCN(c4ccncc4)C(C)C3)cn2c1. The highest BCUT2D eigenvalue weighted by molar-refractivity contribution is 6.35. The smallest absolute Gasteiger partial charge is 0.312 e. The second-order valence-electron chi connectivity index (χ2n) is 7.39. The van der Waals surface area contributed by atoms with Crippen molar-refractivity contribution >= 4 is 23.1 Å². The van der Waals surface area contributed by atoms with E-state index in [0.717, 1.165) is 16.9 Å². The van der Waals surface area contributed by atoms with Crippen molar-refractivity contribution in [2.75, 3.05) is 24.5 Å². The van der Waals surface area contributed by atoms with Crippen LogP contribution in [0.3, 0.4) is 0 Å². The maximum absolute atomic E-state index is 12.6. The van der Waals surface area contributed by atoms with Crippen molar-refractivity contribution < 1.29 is 9.59 Å². The molecule has 8 nitrogen and oxygen atoms in total. The molecule has 0 saturated carbocycles. The van der Waals surface area contributed by atoms with Crippen LogP contribution in [0.25, 0.3) is 5.65 Å². The van der Waals surface area contributed by atoms with Gasteiger partial charge in [0.25, 0.3) is 0 Å². The van der Waals surface area contributed by atoms with Gasteiger partial charge < -0.3 is 19.5 Å². The number of anilines is 1. The van der Waals surface area contributed by atoms with E-state index in [0.29, 0.717) is 25.3 Å². The quantitative estimate of drug-likeness (QED) is 0.681. The fraction of sp³-hybridized carbons (Fsp3) is 0.333. The van der Waals surface area contributed by atoms with Gasteiger partial charge in [-0.1, -0.05) is 6.07 Å². The topological polar surface area (TPSA) is 82.8 Å². The number of nitrogens with zero attached hydrogens (tertiary/aromatic N) is 5. The molecule has 3 aromatic heterocycles. The molecule has 4 heterocycles. The molecule has 8 heteroatoms. The summed E-state index contributed by atoms with van der Waals surface area (Å²) < 4.78 is 1.92. The Balaban J connectivity index is 1.34. The molecule has 1 saturated heterocycles. The van der Waals surface area contributed by atoms with Crippen LogP contribution in [-0.4, -0.2) is 56.8 Å². The van der Waals surface area contributed by atoms with E-state index < -0.39 is 11.8 Å². The van der Waals surface area contributed by atoms with Crippen molar-refractivity contribution in [1.82, 2.24) is 24.6 Å². The molecule has 1 aliphatic heterocycles. The molecule has 1 atom stereocenters. The molecule has 29 heavy (non-hydrogen) atoms. The molecule has 2 amide bonds. The molecule has 150 valence electrons. The van der Waals surface area contributed by atoms with E-state index in [9.17, 15) is 9.59 Å². The second-order valence-corrected chi connectivity index (χ2v) is 7.39. The Morgan fingerprint density at radius 3 is 2.69 bits per heavy atom. The fourth-order valence-corrected chi connectivity index (χ4v) is 3.69. The number of nitrogens with one attached hydrogen (secondary N) is 1. The summed E-state index contributed by atoms with van der Waals surface area (Å²) >= 11 is 0. The predicted octanol–water partition coefficient (Wildman–Crippen LogP) is 1.39. The molecule has 1 N–H and O–H groups in total. The number of rotatable bonds is 3. The monoisotopic (exact) mass is 392 g/mol. The lowest BCUT2D eigenvalue weighted by molar-refractivity contribution is -0.146. The average Bonchev–Trinajstić information content (AvgIpc) is 3.14. The predicted molar refractivity (Wildman–Crippen MR) is 109 cm³/mol. The van der Waals surface area contributed by atoms with E-state index in [-0.39, 0.29) is 12.6 Å². The molecule has 0 spiro atoms. The van der Waals surface area contributed by atoms with Gasteiger partial charge in [-0.2, -0.15) is 0 Å². The first kappa shape index (κ1) is 18.9. The highest BCUT2D eigenvalue weighted by atomic mass is 16.2. The number of hydrogen-bond donors (Lipinski definition) is 1. The van der Waals surface area contributed by atoms with Crippen molar-refractivity contribution in [3.63, 3.8) is 0 Å².